The molecule has 0 fully saturated rings. The molecule has 1 amide bonds. The average molecular weight is 366 g/mol. The van der Waals surface area contributed by atoms with Crippen molar-refractivity contribution >= 4 is 35.8 Å². The number of furan rings is 1. The monoisotopic (exact) mass is 366 g/mol. The van der Waals surface area contributed by atoms with Crippen LogP contribution in [0.2, 0.25) is 0 Å². The van der Waals surface area contributed by atoms with E-state index < -0.39 is 5.91 Å². The molecule has 0 saturated carbocycles. The highest BCUT2D eigenvalue weighted by Gasteiger charge is 2.08. The van der Waals surface area contributed by atoms with Crippen molar-refractivity contribution in [1.29, 1.82) is 0 Å². The number of rotatable bonds is 3. The van der Waals surface area contributed by atoms with Crippen LogP contribution in [-0.4, -0.2) is 49.9 Å². The van der Waals surface area contributed by atoms with Crippen LogP contribution < -0.4 is 5.73 Å². The molecule has 6 nitrogen and oxygen atoms in total. The van der Waals surface area contributed by atoms with Crippen LogP contribution >= 0.6 is 24.0 Å². The zero-order chi connectivity index (χ0) is 13.0. The van der Waals surface area contributed by atoms with E-state index in [2.05, 4.69) is 4.99 Å². The van der Waals surface area contributed by atoms with E-state index in [1.165, 1.54) is 0 Å². The topological polar surface area (TPSA) is 75.1 Å². The molecule has 0 saturated heterocycles. The lowest BCUT2D eigenvalue weighted by Crippen LogP contribution is -2.35. The Labute approximate surface area is 124 Å². The van der Waals surface area contributed by atoms with E-state index in [0.29, 0.717) is 12.3 Å². The molecule has 0 aliphatic carbocycles. The van der Waals surface area contributed by atoms with Gasteiger partial charge in [-0.1, -0.05) is 0 Å². The summed E-state index contributed by atoms with van der Waals surface area (Å²) in [6.07, 6.45) is 0. The maximum atomic E-state index is 10.8. The Morgan fingerprint density at radius 2 is 1.83 bits per heavy atom. The summed E-state index contributed by atoms with van der Waals surface area (Å²) in [5.74, 6) is 1.02. The molecule has 0 spiro atoms. The molecule has 1 heterocycles. The fourth-order valence-corrected chi connectivity index (χ4v) is 1.43. The summed E-state index contributed by atoms with van der Waals surface area (Å²) in [6, 6.07) is 3.25. The van der Waals surface area contributed by atoms with E-state index in [1.54, 1.807) is 12.1 Å². The molecule has 1 rings (SSSR count). The van der Waals surface area contributed by atoms with E-state index in [9.17, 15) is 4.79 Å². The molecule has 0 atom stereocenters. The third kappa shape index (κ3) is 4.55. The second kappa shape index (κ2) is 7.24. The third-order valence-corrected chi connectivity index (χ3v) is 2.08. The van der Waals surface area contributed by atoms with Gasteiger partial charge in [0.1, 0.15) is 12.3 Å². The first-order chi connectivity index (χ1) is 7.91. The van der Waals surface area contributed by atoms with Gasteiger partial charge in [-0.2, -0.15) is 0 Å². The molecule has 0 aromatic carbocycles. The summed E-state index contributed by atoms with van der Waals surface area (Å²) < 4.78 is 5.24. The normalized spacial score (nSPS) is 9.33. The van der Waals surface area contributed by atoms with E-state index in [4.69, 9.17) is 10.2 Å². The largest absolute Gasteiger partial charge is 0.454 e. The summed E-state index contributed by atoms with van der Waals surface area (Å²) in [5, 5.41) is 0. The Hall–Kier alpha value is -1.25. The van der Waals surface area contributed by atoms with Crippen LogP contribution in [0.3, 0.4) is 0 Å². The van der Waals surface area contributed by atoms with Gasteiger partial charge in [-0.25, -0.2) is 4.99 Å². The van der Waals surface area contributed by atoms with Crippen LogP contribution in [-0.2, 0) is 6.54 Å². The van der Waals surface area contributed by atoms with Crippen molar-refractivity contribution in [3.05, 3.63) is 23.7 Å². The number of carbonyl (C=O) groups excluding carboxylic acids is 1. The van der Waals surface area contributed by atoms with Gasteiger partial charge in [0.2, 0.25) is 0 Å². The molecule has 2 N–H and O–H groups in total. The van der Waals surface area contributed by atoms with Crippen molar-refractivity contribution in [3.8, 4) is 0 Å². The standard InChI is InChI=1S/C11H18N4O2.HI/c1-14(2)11(15(3)4)13-7-8-5-6-9(17-8)10(12)16;/h5-6H,7H2,1-4H3,(H2,12,16);1H. The number of carbonyl (C=O) groups is 1. The molecule has 0 radical (unpaired) electrons. The molecule has 0 bridgehead atoms. The summed E-state index contributed by atoms with van der Waals surface area (Å²) in [6.45, 7) is 0.374. The van der Waals surface area contributed by atoms with Gasteiger partial charge in [-0.05, 0) is 12.1 Å². The summed E-state index contributed by atoms with van der Waals surface area (Å²) >= 11 is 0. The number of nitrogens with two attached hydrogens (primary N) is 1. The Bertz CT molecular complexity index is 416. The highest BCUT2D eigenvalue weighted by atomic mass is 127. The molecule has 1 aromatic heterocycles. The maximum absolute atomic E-state index is 10.8. The van der Waals surface area contributed by atoms with E-state index in [1.807, 2.05) is 38.0 Å². The maximum Gasteiger partial charge on any atom is 0.284 e. The van der Waals surface area contributed by atoms with Crippen molar-refractivity contribution in [2.45, 2.75) is 6.54 Å². The Morgan fingerprint density at radius 3 is 2.22 bits per heavy atom. The Morgan fingerprint density at radius 1 is 1.28 bits per heavy atom. The van der Waals surface area contributed by atoms with Gasteiger partial charge in [0.05, 0.1) is 0 Å². The number of amides is 1. The minimum absolute atomic E-state index is 0. The number of primary amides is 1. The van der Waals surface area contributed by atoms with Crippen LogP contribution in [0.1, 0.15) is 16.3 Å². The Balaban J connectivity index is 0.00000289. The first-order valence-electron chi connectivity index (χ1n) is 5.19. The van der Waals surface area contributed by atoms with Gasteiger partial charge < -0.3 is 20.0 Å². The van der Waals surface area contributed by atoms with Gasteiger partial charge in [0.15, 0.2) is 11.7 Å². The smallest absolute Gasteiger partial charge is 0.284 e. The highest BCUT2D eigenvalue weighted by molar-refractivity contribution is 14.0. The van der Waals surface area contributed by atoms with E-state index >= 15 is 0 Å². The molecule has 1 aromatic rings. The number of hydrogen-bond donors (Lipinski definition) is 1. The lowest BCUT2D eigenvalue weighted by atomic mass is 10.4. The quantitative estimate of drug-likeness (QED) is 0.492. The number of guanidine groups is 1. The minimum atomic E-state index is -0.569. The molecule has 0 aliphatic heterocycles. The second-order valence-corrected chi connectivity index (χ2v) is 4.04. The first-order valence-corrected chi connectivity index (χ1v) is 5.19. The lowest BCUT2D eigenvalue weighted by Gasteiger charge is -2.22. The van der Waals surface area contributed by atoms with Gasteiger partial charge in [-0.15, -0.1) is 24.0 Å². The predicted octanol–water partition coefficient (Wildman–Crippen LogP) is 0.976. The van der Waals surface area contributed by atoms with Crippen molar-refractivity contribution < 1.29 is 9.21 Å². The summed E-state index contributed by atoms with van der Waals surface area (Å²) in [5.41, 5.74) is 5.09. The molecule has 0 aliphatic rings. The van der Waals surface area contributed by atoms with Gasteiger partial charge in [0, 0.05) is 28.2 Å². The lowest BCUT2D eigenvalue weighted by molar-refractivity contribution is 0.0972. The van der Waals surface area contributed by atoms with Crippen LogP contribution in [0.4, 0.5) is 0 Å². The fourth-order valence-electron chi connectivity index (χ4n) is 1.43. The van der Waals surface area contributed by atoms with Gasteiger partial charge in [0.25, 0.3) is 5.91 Å². The Kier molecular flexibility index (Phi) is 6.74. The molecule has 7 heteroatoms. The third-order valence-electron chi connectivity index (χ3n) is 2.08. The zero-order valence-corrected chi connectivity index (χ0v) is 13.3. The predicted molar refractivity (Wildman–Crippen MR) is 81.2 cm³/mol. The van der Waals surface area contributed by atoms with Crippen LogP contribution in [0, 0.1) is 0 Å². The summed E-state index contributed by atoms with van der Waals surface area (Å²) in [7, 11) is 7.65. The van der Waals surface area contributed by atoms with Crippen LogP contribution in [0.15, 0.2) is 21.5 Å². The number of aliphatic imine (C=N–C) groups is 1. The van der Waals surface area contributed by atoms with Gasteiger partial charge in [-0.3, -0.25) is 4.79 Å². The van der Waals surface area contributed by atoms with Crippen LogP contribution in [0.25, 0.3) is 0 Å². The highest BCUT2D eigenvalue weighted by Crippen LogP contribution is 2.08. The summed E-state index contributed by atoms with van der Waals surface area (Å²) in [4.78, 5) is 19.0. The van der Waals surface area contributed by atoms with E-state index in [0.717, 1.165) is 5.96 Å². The molecule has 18 heavy (non-hydrogen) atoms. The van der Waals surface area contributed by atoms with Crippen molar-refractivity contribution in [1.82, 2.24) is 9.80 Å². The van der Waals surface area contributed by atoms with Gasteiger partial charge >= 0.3 is 0 Å². The first kappa shape index (κ1) is 16.8. The second-order valence-electron chi connectivity index (χ2n) is 4.04. The molecular weight excluding hydrogens is 347 g/mol. The molecule has 0 unspecified atom stereocenters. The number of nitrogens with zero attached hydrogens (tertiary/aromatic N) is 3. The fraction of sp³-hybridized carbons (Fsp3) is 0.455. The number of hydrogen-bond acceptors (Lipinski definition) is 3. The van der Waals surface area contributed by atoms with Crippen molar-refractivity contribution in [2.24, 2.45) is 10.7 Å². The van der Waals surface area contributed by atoms with E-state index in [-0.39, 0.29) is 29.7 Å². The number of halogens is 1. The molecular formula is C11H19IN4O2. The zero-order valence-electron chi connectivity index (χ0n) is 11.0. The SMILES string of the molecule is CN(C)C(=NCc1ccc(C(N)=O)o1)N(C)C.I. The molecule has 102 valence electrons. The van der Waals surface area contributed by atoms with Crippen molar-refractivity contribution in [2.75, 3.05) is 28.2 Å². The average Bonchev–Trinajstić information content (AvgIpc) is 2.65. The van der Waals surface area contributed by atoms with Crippen molar-refractivity contribution in [3.63, 3.8) is 0 Å². The van der Waals surface area contributed by atoms with Crippen LogP contribution in [0.5, 0.6) is 0 Å². The minimum Gasteiger partial charge on any atom is -0.454 e.